The van der Waals surface area contributed by atoms with Gasteiger partial charge in [0.05, 0.1) is 18.2 Å². The van der Waals surface area contributed by atoms with Crippen molar-refractivity contribution in [1.29, 1.82) is 5.26 Å². The Morgan fingerprint density at radius 3 is 2.48 bits per heavy atom. The molecule has 152 valence electrons. The second kappa shape index (κ2) is 7.94. The molecule has 1 aromatic heterocycles. The number of rotatable bonds is 3. The van der Waals surface area contributed by atoms with Crippen molar-refractivity contribution in [2.75, 3.05) is 6.54 Å². The zero-order valence-corrected chi connectivity index (χ0v) is 17.6. The third-order valence-electron chi connectivity index (χ3n) is 5.97. The molecule has 0 atom stereocenters. The molecule has 1 amide bonds. The maximum Gasteiger partial charge on any atom is 0.254 e. The van der Waals surface area contributed by atoms with Gasteiger partial charge in [-0.05, 0) is 60.0 Å². The number of nitrogens with zero attached hydrogens (tertiary/aromatic N) is 3. The van der Waals surface area contributed by atoms with Crippen molar-refractivity contribution >= 4 is 28.4 Å². The van der Waals surface area contributed by atoms with Crippen LogP contribution in [0.1, 0.15) is 32.7 Å². The third kappa shape index (κ3) is 3.58. The van der Waals surface area contributed by atoms with Crippen LogP contribution in [0.5, 0.6) is 0 Å². The van der Waals surface area contributed by atoms with Gasteiger partial charge in [0.25, 0.3) is 5.91 Å². The first-order valence-electron chi connectivity index (χ1n) is 10.3. The molecule has 2 heterocycles. The highest BCUT2D eigenvalue weighted by Crippen LogP contribution is 2.32. The predicted molar refractivity (Wildman–Crippen MR) is 122 cm³/mol. The lowest BCUT2D eigenvalue weighted by molar-refractivity contribution is 0.0731. The highest BCUT2D eigenvalue weighted by Gasteiger charge is 2.27. The van der Waals surface area contributed by atoms with Gasteiger partial charge in [-0.3, -0.25) is 4.79 Å². The number of aromatic nitrogens is 1. The van der Waals surface area contributed by atoms with E-state index in [1.807, 2.05) is 29.2 Å². The Kier molecular flexibility index (Phi) is 4.97. The average Bonchev–Trinajstić information content (AvgIpc) is 3.12. The normalized spacial score (nSPS) is 13.1. The molecule has 0 radical (unpaired) electrons. The molecule has 5 rings (SSSR count). The summed E-state index contributed by atoms with van der Waals surface area (Å²) in [5.74, 6) is 0.0255. The quantitative estimate of drug-likeness (QED) is 0.440. The topological polar surface area (TPSA) is 49.0 Å². The van der Waals surface area contributed by atoms with E-state index in [0.29, 0.717) is 35.8 Å². The van der Waals surface area contributed by atoms with Crippen molar-refractivity contribution in [2.45, 2.75) is 19.5 Å². The molecule has 0 bridgehead atoms. The first-order chi connectivity index (χ1) is 15.1. The molecule has 1 aliphatic rings. The van der Waals surface area contributed by atoms with Crippen molar-refractivity contribution < 1.29 is 4.79 Å². The Balaban J connectivity index is 1.52. The van der Waals surface area contributed by atoms with Crippen LogP contribution < -0.4 is 0 Å². The zero-order valence-electron chi connectivity index (χ0n) is 16.9. The number of nitriles is 1. The zero-order chi connectivity index (χ0) is 21.4. The average molecular weight is 426 g/mol. The fraction of sp³-hybridized carbons (Fsp3) is 0.154. The lowest BCUT2D eigenvalue weighted by Gasteiger charge is -2.29. The van der Waals surface area contributed by atoms with E-state index < -0.39 is 0 Å². The third-order valence-corrected chi connectivity index (χ3v) is 6.22. The summed E-state index contributed by atoms with van der Waals surface area (Å²) in [6, 6.07) is 25.4. The summed E-state index contributed by atoms with van der Waals surface area (Å²) in [4.78, 5) is 15.0. The Labute approximate surface area is 185 Å². The molecule has 0 fully saturated rings. The summed E-state index contributed by atoms with van der Waals surface area (Å²) >= 11 is 5.99. The predicted octanol–water partition coefficient (Wildman–Crippen LogP) is 5.41. The number of benzene rings is 3. The summed E-state index contributed by atoms with van der Waals surface area (Å²) in [7, 11) is 0. The van der Waals surface area contributed by atoms with Gasteiger partial charge in [-0.25, -0.2) is 0 Å². The van der Waals surface area contributed by atoms with E-state index in [1.54, 1.807) is 24.3 Å². The largest absolute Gasteiger partial charge is 0.338 e. The number of carbonyl (C=O) groups is 1. The standard InChI is InChI=1S/C26H20ClN3O/c27-21-11-9-20(10-12-21)26(31)29-14-13-23-22-3-1-2-4-24(22)30(25(23)17-29)16-19-7-5-18(15-28)6-8-19/h1-12H,13-14,16-17H2. The first-order valence-corrected chi connectivity index (χ1v) is 10.6. The number of fused-ring (bicyclic) bond motifs is 3. The van der Waals surface area contributed by atoms with Crippen LogP contribution in [-0.2, 0) is 19.5 Å². The lowest BCUT2D eigenvalue weighted by Crippen LogP contribution is -2.36. The Bertz CT molecular complexity index is 1310. The van der Waals surface area contributed by atoms with E-state index in [4.69, 9.17) is 16.9 Å². The molecular formula is C26H20ClN3O. The molecule has 0 spiro atoms. The van der Waals surface area contributed by atoms with Crippen molar-refractivity contribution in [3.63, 3.8) is 0 Å². The summed E-state index contributed by atoms with van der Waals surface area (Å²) in [6.07, 6.45) is 0.829. The van der Waals surface area contributed by atoms with Crippen molar-refractivity contribution in [3.05, 3.63) is 106 Å². The molecule has 0 unspecified atom stereocenters. The fourth-order valence-electron chi connectivity index (χ4n) is 4.39. The SMILES string of the molecule is N#Cc1ccc(Cn2c3c(c4ccccc42)CCN(C(=O)c2ccc(Cl)cc2)C3)cc1. The fourth-order valence-corrected chi connectivity index (χ4v) is 4.52. The van der Waals surface area contributed by atoms with Crippen LogP contribution in [0, 0.1) is 11.3 Å². The van der Waals surface area contributed by atoms with Gasteiger partial charge < -0.3 is 9.47 Å². The number of hydrogen-bond acceptors (Lipinski definition) is 2. The highest BCUT2D eigenvalue weighted by atomic mass is 35.5. The van der Waals surface area contributed by atoms with Crippen LogP contribution in [0.15, 0.2) is 72.8 Å². The minimum atomic E-state index is 0.0255. The van der Waals surface area contributed by atoms with Gasteiger partial charge in [-0.15, -0.1) is 0 Å². The van der Waals surface area contributed by atoms with Gasteiger partial charge in [0.15, 0.2) is 0 Å². The smallest absolute Gasteiger partial charge is 0.254 e. The molecule has 4 nitrogen and oxygen atoms in total. The maximum atomic E-state index is 13.1. The number of hydrogen-bond donors (Lipinski definition) is 0. The molecule has 31 heavy (non-hydrogen) atoms. The number of para-hydroxylation sites is 1. The van der Waals surface area contributed by atoms with E-state index in [0.717, 1.165) is 12.0 Å². The monoisotopic (exact) mass is 425 g/mol. The lowest BCUT2D eigenvalue weighted by atomic mass is 10.0. The maximum absolute atomic E-state index is 13.1. The number of halogens is 1. The molecule has 0 saturated carbocycles. The van der Waals surface area contributed by atoms with Crippen LogP contribution in [0.3, 0.4) is 0 Å². The second-order valence-electron chi connectivity index (χ2n) is 7.82. The number of carbonyl (C=O) groups excluding carboxylic acids is 1. The molecule has 0 saturated heterocycles. The van der Waals surface area contributed by atoms with Crippen molar-refractivity contribution in [1.82, 2.24) is 9.47 Å². The van der Waals surface area contributed by atoms with Crippen LogP contribution in [0.25, 0.3) is 10.9 Å². The van der Waals surface area contributed by atoms with E-state index in [2.05, 4.69) is 34.9 Å². The van der Waals surface area contributed by atoms with Crippen molar-refractivity contribution in [3.8, 4) is 6.07 Å². The Hall–Kier alpha value is -3.55. The van der Waals surface area contributed by atoms with E-state index >= 15 is 0 Å². The van der Waals surface area contributed by atoms with Crippen LogP contribution in [-0.4, -0.2) is 21.9 Å². The van der Waals surface area contributed by atoms with Gasteiger partial charge in [0.2, 0.25) is 0 Å². The molecule has 3 aromatic carbocycles. The molecular weight excluding hydrogens is 406 g/mol. The number of amides is 1. The van der Waals surface area contributed by atoms with Gasteiger partial charge in [-0.2, -0.15) is 5.26 Å². The molecule has 5 heteroatoms. The molecule has 0 N–H and O–H groups in total. The van der Waals surface area contributed by atoms with E-state index in [-0.39, 0.29) is 5.91 Å². The second-order valence-corrected chi connectivity index (χ2v) is 8.26. The van der Waals surface area contributed by atoms with Crippen LogP contribution in [0.4, 0.5) is 0 Å². The van der Waals surface area contributed by atoms with Gasteiger partial charge in [0, 0.05) is 40.3 Å². The Morgan fingerprint density at radius 2 is 1.74 bits per heavy atom. The van der Waals surface area contributed by atoms with Crippen LogP contribution in [0.2, 0.25) is 5.02 Å². The molecule has 1 aliphatic heterocycles. The highest BCUT2D eigenvalue weighted by molar-refractivity contribution is 6.30. The summed E-state index contributed by atoms with van der Waals surface area (Å²) in [6.45, 7) is 1.96. The first kappa shape index (κ1) is 19.4. The van der Waals surface area contributed by atoms with E-state index in [1.165, 1.54) is 22.2 Å². The van der Waals surface area contributed by atoms with Crippen LogP contribution >= 0.6 is 11.6 Å². The van der Waals surface area contributed by atoms with Crippen molar-refractivity contribution in [2.24, 2.45) is 0 Å². The molecule has 4 aromatic rings. The van der Waals surface area contributed by atoms with Gasteiger partial charge in [-0.1, -0.05) is 41.9 Å². The minimum absolute atomic E-state index is 0.0255. The Morgan fingerprint density at radius 1 is 1.00 bits per heavy atom. The van der Waals surface area contributed by atoms with Gasteiger partial charge in [0.1, 0.15) is 0 Å². The summed E-state index contributed by atoms with van der Waals surface area (Å²) in [5, 5.41) is 11.0. The minimum Gasteiger partial charge on any atom is -0.338 e. The molecule has 0 aliphatic carbocycles. The van der Waals surface area contributed by atoms with E-state index in [9.17, 15) is 4.79 Å². The summed E-state index contributed by atoms with van der Waals surface area (Å²) in [5.41, 5.74) is 6.12. The van der Waals surface area contributed by atoms with Gasteiger partial charge >= 0.3 is 0 Å². The summed E-state index contributed by atoms with van der Waals surface area (Å²) < 4.78 is 2.31.